The second-order valence-corrected chi connectivity index (χ2v) is 5.33. The fraction of sp³-hybridized carbons (Fsp3) is 0.467. The molecule has 1 aliphatic heterocycles. The number of hydrogen-bond acceptors (Lipinski definition) is 4. The molecule has 1 fully saturated rings. The second kappa shape index (κ2) is 9.34. The zero-order valence-electron chi connectivity index (χ0n) is 13.0. The largest absolute Gasteiger partial charge is 0.378 e. The maximum Gasteiger partial charge on any atom is 0.316 e. The predicted molar refractivity (Wildman–Crippen MR) is 90.7 cm³/mol. The Morgan fingerprint density at radius 3 is 2.65 bits per heavy atom. The minimum Gasteiger partial charge on any atom is -0.378 e. The predicted octanol–water partition coefficient (Wildman–Crippen LogP) is 1.15. The van der Waals surface area contributed by atoms with Gasteiger partial charge in [0, 0.05) is 24.7 Å². The number of carbonyl (C=O) groups excluding carboxylic acids is 2. The summed E-state index contributed by atoms with van der Waals surface area (Å²) in [5.41, 5.74) is 6.63. The number of amides is 3. The van der Waals surface area contributed by atoms with Crippen molar-refractivity contribution in [2.75, 3.05) is 25.1 Å². The highest BCUT2D eigenvalue weighted by Crippen LogP contribution is 2.16. The van der Waals surface area contributed by atoms with Crippen LogP contribution in [0.1, 0.15) is 24.9 Å². The number of morpholine rings is 1. The zero-order valence-corrected chi connectivity index (χ0v) is 13.8. The van der Waals surface area contributed by atoms with Crippen molar-refractivity contribution in [3.63, 3.8) is 0 Å². The van der Waals surface area contributed by atoms with Gasteiger partial charge in [0.15, 0.2) is 0 Å². The number of benzene rings is 1. The van der Waals surface area contributed by atoms with Gasteiger partial charge >= 0.3 is 6.03 Å². The first-order valence-corrected chi connectivity index (χ1v) is 7.31. The molecule has 128 valence electrons. The molecule has 1 aromatic rings. The van der Waals surface area contributed by atoms with Crippen LogP contribution in [0, 0.1) is 0 Å². The first-order chi connectivity index (χ1) is 10.5. The van der Waals surface area contributed by atoms with Gasteiger partial charge in [-0.15, -0.1) is 12.4 Å². The van der Waals surface area contributed by atoms with Crippen molar-refractivity contribution in [2.45, 2.75) is 25.4 Å². The Morgan fingerprint density at radius 1 is 1.39 bits per heavy atom. The number of rotatable bonds is 5. The lowest BCUT2D eigenvalue weighted by atomic mass is 10.1. The van der Waals surface area contributed by atoms with Crippen LogP contribution in [0.25, 0.3) is 0 Å². The Hall–Kier alpha value is -1.83. The molecule has 8 heteroatoms. The Bertz CT molecular complexity index is 518. The van der Waals surface area contributed by atoms with E-state index >= 15 is 0 Å². The third-order valence-corrected chi connectivity index (χ3v) is 3.49. The van der Waals surface area contributed by atoms with Crippen molar-refractivity contribution in [2.24, 2.45) is 5.73 Å². The van der Waals surface area contributed by atoms with Gasteiger partial charge in [0.05, 0.1) is 19.3 Å². The van der Waals surface area contributed by atoms with E-state index in [1.165, 1.54) is 0 Å². The third kappa shape index (κ3) is 6.43. The molecule has 3 amide bonds. The van der Waals surface area contributed by atoms with E-state index in [2.05, 4.69) is 16.0 Å². The quantitative estimate of drug-likeness (QED) is 0.644. The average molecular weight is 343 g/mol. The van der Waals surface area contributed by atoms with Crippen molar-refractivity contribution < 1.29 is 14.3 Å². The Kier molecular flexibility index (Phi) is 7.80. The van der Waals surface area contributed by atoms with Crippen LogP contribution >= 0.6 is 12.4 Å². The molecular formula is C15H23ClN4O3. The second-order valence-electron chi connectivity index (χ2n) is 5.33. The molecule has 23 heavy (non-hydrogen) atoms. The number of halogens is 1. The van der Waals surface area contributed by atoms with E-state index in [1.807, 2.05) is 19.1 Å². The monoisotopic (exact) mass is 342 g/mol. The third-order valence-electron chi connectivity index (χ3n) is 3.49. The molecule has 0 radical (unpaired) electrons. The summed E-state index contributed by atoms with van der Waals surface area (Å²) in [7, 11) is 0. The van der Waals surface area contributed by atoms with E-state index in [1.54, 1.807) is 12.1 Å². The van der Waals surface area contributed by atoms with Gasteiger partial charge in [0.1, 0.15) is 0 Å². The van der Waals surface area contributed by atoms with Crippen LogP contribution in [0.2, 0.25) is 0 Å². The fourth-order valence-electron chi connectivity index (χ4n) is 2.36. The zero-order chi connectivity index (χ0) is 15.9. The first kappa shape index (κ1) is 19.2. The molecule has 5 N–H and O–H groups in total. The molecular weight excluding hydrogens is 320 g/mol. The molecule has 2 unspecified atom stereocenters. The van der Waals surface area contributed by atoms with Gasteiger partial charge < -0.3 is 26.4 Å². The molecule has 1 aromatic carbocycles. The molecule has 0 saturated carbocycles. The van der Waals surface area contributed by atoms with Crippen molar-refractivity contribution in [3.05, 3.63) is 29.8 Å². The van der Waals surface area contributed by atoms with Gasteiger partial charge in [0.25, 0.3) is 0 Å². The van der Waals surface area contributed by atoms with Crippen molar-refractivity contribution in [3.8, 4) is 0 Å². The fourth-order valence-corrected chi connectivity index (χ4v) is 2.36. The normalized spacial score (nSPS) is 18.4. The van der Waals surface area contributed by atoms with E-state index < -0.39 is 6.03 Å². The van der Waals surface area contributed by atoms with E-state index in [0.717, 1.165) is 12.1 Å². The summed E-state index contributed by atoms with van der Waals surface area (Å²) in [4.78, 5) is 22.8. The molecule has 0 aromatic heterocycles. The van der Waals surface area contributed by atoms with Crippen LogP contribution in [0.15, 0.2) is 24.3 Å². The van der Waals surface area contributed by atoms with Crippen molar-refractivity contribution in [1.29, 1.82) is 0 Å². The molecule has 0 spiro atoms. The summed E-state index contributed by atoms with van der Waals surface area (Å²) in [6.07, 6.45) is 0.394. The smallest absolute Gasteiger partial charge is 0.316 e. The van der Waals surface area contributed by atoms with Gasteiger partial charge in [-0.2, -0.15) is 0 Å². The number of urea groups is 1. The maximum atomic E-state index is 12.0. The highest BCUT2D eigenvalue weighted by Gasteiger charge is 2.18. The maximum absolute atomic E-state index is 12.0. The minimum absolute atomic E-state index is 0. The molecule has 2 atom stereocenters. The van der Waals surface area contributed by atoms with Crippen LogP contribution in [0.5, 0.6) is 0 Å². The van der Waals surface area contributed by atoms with Crippen LogP contribution < -0.4 is 21.7 Å². The Morgan fingerprint density at radius 2 is 2.09 bits per heavy atom. The molecule has 0 aliphatic carbocycles. The molecule has 1 saturated heterocycles. The Balaban J connectivity index is 0.00000264. The summed E-state index contributed by atoms with van der Waals surface area (Å²) < 4.78 is 5.33. The van der Waals surface area contributed by atoms with Crippen LogP contribution in [0.3, 0.4) is 0 Å². The SMILES string of the molecule is CC(NC(=O)CC1COCCN1)c1ccc(NC(N)=O)cc1.Cl. The number of hydrogen-bond donors (Lipinski definition) is 4. The van der Waals surface area contributed by atoms with Crippen LogP contribution in [0.4, 0.5) is 10.5 Å². The lowest BCUT2D eigenvalue weighted by molar-refractivity contribution is -0.122. The standard InChI is InChI=1S/C15H22N4O3.ClH/c1-10(11-2-4-12(5-3-11)19-15(16)21)18-14(20)8-13-9-22-7-6-17-13;/h2-5,10,13,17H,6-9H2,1H3,(H,18,20)(H3,16,19,21);1H. The Labute approximate surface area is 141 Å². The topological polar surface area (TPSA) is 105 Å². The first-order valence-electron chi connectivity index (χ1n) is 7.31. The average Bonchev–Trinajstić information content (AvgIpc) is 2.48. The lowest BCUT2D eigenvalue weighted by Crippen LogP contribution is -2.44. The summed E-state index contributed by atoms with van der Waals surface area (Å²) in [6, 6.07) is 6.55. The van der Waals surface area contributed by atoms with Crippen LogP contribution in [-0.2, 0) is 9.53 Å². The van der Waals surface area contributed by atoms with Gasteiger partial charge in [-0.05, 0) is 24.6 Å². The van der Waals surface area contributed by atoms with Crippen LogP contribution in [-0.4, -0.2) is 37.7 Å². The van der Waals surface area contributed by atoms with Gasteiger partial charge in [-0.1, -0.05) is 12.1 Å². The molecule has 1 heterocycles. The van der Waals surface area contributed by atoms with E-state index in [0.29, 0.717) is 25.3 Å². The van der Waals surface area contributed by atoms with Gasteiger partial charge in [-0.25, -0.2) is 4.79 Å². The number of nitrogens with two attached hydrogens (primary N) is 1. The van der Waals surface area contributed by atoms with Gasteiger partial charge in [0.2, 0.25) is 5.91 Å². The number of anilines is 1. The number of ether oxygens (including phenoxy) is 1. The molecule has 2 rings (SSSR count). The van der Waals surface area contributed by atoms with E-state index in [-0.39, 0.29) is 30.4 Å². The molecule has 7 nitrogen and oxygen atoms in total. The summed E-state index contributed by atoms with van der Waals surface area (Å²) in [5, 5.41) is 8.70. The van der Waals surface area contributed by atoms with E-state index in [4.69, 9.17) is 10.5 Å². The number of primary amides is 1. The molecule has 1 aliphatic rings. The highest BCUT2D eigenvalue weighted by molar-refractivity contribution is 5.87. The number of nitrogens with one attached hydrogen (secondary N) is 3. The summed E-state index contributed by atoms with van der Waals surface area (Å²) in [6.45, 7) is 3.95. The highest BCUT2D eigenvalue weighted by atomic mass is 35.5. The molecule has 0 bridgehead atoms. The summed E-state index contributed by atoms with van der Waals surface area (Å²) >= 11 is 0. The summed E-state index contributed by atoms with van der Waals surface area (Å²) in [5.74, 6) is -0.0187. The van der Waals surface area contributed by atoms with Crippen molar-refractivity contribution in [1.82, 2.24) is 10.6 Å². The number of carbonyl (C=O) groups is 2. The van der Waals surface area contributed by atoms with Gasteiger partial charge in [-0.3, -0.25) is 4.79 Å². The van der Waals surface area contributed by atoms with Crippen molar-refractivity contribution >= 4 is 30.0 Å². The minimum atomic E-state index is -0.601. The van der Waals surface area contributed by atoms with E-state index in [9.17, 15) is 9.59 Å². The lowest BCUT2D eigenvalue weighted by Gasteiger charge is -2.24.